The van der Waals surface area contributed by atoms with Gasteiger partial charge in [0.2, 0.25) is 0 Å². The van der Waals surface area contributed by atoms with Crippen molar-refractivity contribution in [3.63, 3.8) is 0 Å². The van der Waals surface area contributed by atoms with E-state index >= 15 is 0 Å². The number of nitrogens with zero attached hydrogens (tertiary/aromatic N) is 1. The Bertz CT molecular complexity index is 424. The van der Waals surface area contributed by atoms with Gasteiger partial charge < -0.3 is 14.8 Å². The van der Waals surface area contributed by atoms with E-state index in [-0.39, 0.29) is 5.92 Å². The van der Waals surface area contributed by atoms with Gasteiger partial charge in [-0.1, -0.05) is 25.1 Å². The number of nitrogens with one attached hydrogen (secondary N) is 1. The standard InChI is InChI=1S/C14H22N2O3S/c1-2-7-16-14(12(17)18)6-3-4-11(14)5-10-20-13-15-8-9-19-13/h8-9,11,16H,2-7,10H2,1H3,(H,17,18). The summed E-state index contributed by atoms with van der Waals surface area (Å²) in [5, 5.41) is 13.6. The molecule has 0 aliphatic heterocycles. The number of hydrogen-bond donors (Lipinski definition) is 2. The fourth-order valence-electron chi connectivity index (χ4n) is 2.98. The molecule has 0 spiro atoms. The maximum absolute atomic E-state index is 11.7. The number of hydrogen-bond acceptors (Lipinski definition) is 5. The minimum Gasteiger partial charge on any atom is -0.480 e. The third kappa shape index (κ3) is 3.35. The van der Waals surface area contributed by atoms with Crippen molar-refractivity contribution < 1.29 is 14.3 Å². The number of rotatable bonds is 8. The molecule has 0 amide bonds. The Morgan fingerprint density at radius 1 is 1.70 bits per heavy atom. The van der Waals surface area contributed by atoms with Crippen molar-refractivity contribution in [2.45, 2.75) is 49.8 Å². The fourth-order valence-corrected chi connectivity index (χ4v) is 3.81. The van der Waals surface area contributed by atoms with Gasteiger partial charge in [-0.2, -0.15) is 0 Å². The van der Waals surface area contributed by atoms with E-state index in [0.717, 1.165) is 44.4 Å². The molecule has 1 aliphatic carbocycles. The Morgan fingerprint density at radius 2 is 2.55 bits per heavy atom. The van der Waals surface area contributed by atoms with E-state index < -0.39 is 11.5 Å². The number of carboxylic acids is 1. The third-order valence-corrected chi connectivity index (χ3v) is 4.88. The van der Waals surface area contributed by atoms with E-state index in [1.54, 1.807) is 24.2 Å². The molecule has 0 aromatic carbocycles. The number of carboxylic acid groups (broad SMARTS) is 1. The monoisotopic (exact) mass is 298 g/mol. The van der Waals surface area contributed by atoms with Gasteiger partial charge >= 0.3 is 5.97 Å². The number of thioether (sulfide) groups is 1. The zero-order chi connectivity index (χ0) is 14.4. The predicted octanol–water partition coefficient (Wildman–Crippen LogP) is 2.78. The lowest BCUT2D eigenvalue weighted by atomic mass is 9.85. The van der Waals surface area contributed by atoms with Crippen LogP contribution in [-0.2, 0) is 4.79 Å². The Kier molecular flexibility index (Phi) is 5.48. The smallest absolute Gasteiger partial charge is 0.324 e. The van der Waals surface area contributed by atoms with Gasteiger partial charge in [0.1, 0.15) is 11.8 Å². The van der Waals surface area contributed by atoms with Crippen molar-refractivity contribution in [3.05, 3.63) is 12.5 Å². The number of aromatic nitrogens is 1. The molecule has 20 heavy (non-hydrogen) atoms. The Morgan fingerprint density at radius 3 is 3.20 bits per heavy atom. The fraction of sp³-hybridized carbons (Fsp3) is 0.714. The molecule has 2 N–H and O–H groups in total. The summed E-state index contributed by atoms with van der Waals surface area (Å²) < 4.78 is 5.18. The molecular weight excluding hydrogens is 276 g/mol. The molecule has 0 bridgehead atoms. The number of carbonyl (C=O) groups is 1. The van der Waals surface area contributed by atoms with Crippen LogP contribution in [0.15, 0.2) is 22.1 Å². The van der Waals surface area contributed by atoms with Crippen LogP contribution in [0.3, 0.4) is 0 Å². The van der Waals surface area contributed by atoms with E-state index in [0.29, 0.717) is 5.22 Å². The molecule has 2 unspecified atom stereocenters. The van der Waals surface area contributed by atoms with Gasteiger partial charge in [0.25, 0.3) is 5.22 Å². The molecule has 2 rings (SSSR count). The lowest BCUT2D eigenvalue weighted by molar-refractivity contribution is -0.146. The van der Waals surface area contributed by atoms with Crippen molar-refractivity contribution in [3.8, 4) is 0 Å². The van der Waals surface area contributed by atoms with Crippen LogP contribution in [0.4, 0.5) is 0 Å². The summed E-state index contributed by atoms with van der Waals surface area (Å²) >= 11 is 1.55. The first-order valence-corrected chi connectivity index (χ1v) is 8.18. The van der Waals surface area contributed by atoms with Crippen LogP contribution < -0.4 is 5.32 Å². The molecule has 0 saturated heterocycles. The number of oxazole rings is 1. The second-order valence-corrected chi connectivity index (χ2v) is 6.27. The lowest BCUT2D eigenvalue weighted by Crippen LogP contribution is -2.55. The first-order valence-electron chi connectivity index (χ1n) is 7.19. The summed E-state index contributed by atoms with van der Waals surface area (Å²) in [4.78, 5) is 15.8. The molecule has 1 saturated carbocycles. The van der Waals surface area contributed by atoms with E-state index in [2.05, 4.69) is 17.2 Å². The summed E-state index contributed by atoms with van der Waals surface area (Å²) in [6, 6.07) is 0. The molecule has 1 aromatic rings. The number of aliphatic carboxylic acids is 1. The van der Waals surface area contributed by atoms with Crippen LogP contribution in [0.1, 0.15) is 39.0 Å². The van der Waals surface area contributed by atoms with Gasteiger partial charge in [-0.15, -0.1) is 0 Å². The lowest BCUT2D eigenvalue weighted by Gasteiger charge is -2.32. The van der Waals surface area contributed by atoms with Crippen molar-refractivity contribution in [1.29, 1.82) is 0 Å². The van der Waals surface area contributed by atoms with Gasteiger partial charge in [0, 0.05) is 5.75 Å². The second kappa shape index (κ2) is 7.13. The first kappa shape index (κ1) is 15.4. The maximum atomic E-state index is 11.7. The van der Waals surface area contributed by atoms with E-state index in [1.807, 2.05) is 0 Å². The van der Waals surface area contributed by atoms with Crippen LogP contribution in [0.2, 0.25) is 0 Å². The predicted molar refractivity (Wildman–Crippen MR) is 77.8 cm³/mol. The van der Waals surface area contributed by atoms with Crippen LogP contribution in [0.25, 0.3) is 0 Å². The molecule has 5 nitrogen and oxygen atoms in total. The molecule has 0 radical (unpaired) electrons. The zero-order valence-electron chi connectivity index (χ0n) is 11.8. The SMILES string of the molecule is CCCNC1(C(=O)O)CCCC1CCSc1ncco1. The Balaban J connectivity index is 1.92. The van der Waals surface area contributed by atoms with E-state index in [1.165, 1.54) is 0 Å². The minimum atomic E-state index is -0.729. The molecule has 1 fully saturated rings. The molecule has 1 aromatic heterocycles. The van der Waals surface area contributed by atoms with Crippen LogP contribution in [0, 0.1) is 5.92 Å². The molecule has 2 atom stereocenters. The average Bonchev–Trinajstić information content (AvgIpc) is 3.06. The second-order valence-electron chi connectivity index (χ2n) is 5.23. The highest BCUT2D eigenvalue weighted by molar-refractivity contribution is 7.99. The summed E-state index contributed by atoms with van der Waals surface area (Å²) in [5.74, 6) is 0.331. The van der Waals surface area contributed by atoms with Gasteiger partial charge in [-0.05, 0) is 38.1 Å². The Hall–Kier alpha value is -1.01. The van der Waals surface area contributed by atoms with Gasteiger partial charge in [-0.3, -0.25) is 4.79 Å². The highest BCUT2D eigenvalue weighted by Crippen LogP contribution is 2.39. The third-order valence-electron chi connectivity index (χ3n) is 3.99. The highest BCUT2D eigenvalue weighted by atomic mass is 32.2. The van der Waals surface area contributed by atoms with Crippen LogP contribution in [-0.4, -0.2) is 33.9 Å². The average molecular weight is 298 g/mol. The minimum absolute atomic E-state index is 0.189. The van der Waals surface area contributed by atoms with Gasteiger partial charge in [0.15, 0.2) is 0 Å². The van der Waals surface area contributed by atoms with Crippen LogP contribution >= 0.6 is 11.8 Å². The summed E-state index contributed by atoms with van der Waals surface area (Å²) in [5.41, 5.74) is -0.729. The molecular formula is C14H22N2O3S. The summed E-state index contributed by atoms with van der Waals surface area (Å²) in [6.45, 7) is 2.82. The van der Waals surface area contributed by atoms with Crippen molar-refractivity contribution in [1.82, 2.24) is 10.3 Å². The van der Waals surface area contributed by atoms with Crippen molar-refractivity contribution in [2.24, 2.45) is 5.92 Å². The largest absolute Gasteiger partial charge is 0.480 e. The molecule has 1 aliphatic rings. The Labute approximate surface area is 123 Å². The van der Waals surface area contributed by atoms with E-state index in [4.69, 9.17) is 4.42 Å². The van der Waals surface area contributed by atoms with Gasteiger partial charge in [-0.25, -0.2) is 4.98 Å². The summed E-state index contributed by atoms with van der Waals surface area (Å²) in [6.07, 6.45) is 7.70. The topological polar surface area (TPSA) is 75.4 Å². The normalized spacial score (nSPS) is 25.9. The van der Waals surface area contributed by atoms with Crippen molar-refractivity contribution >= 4 is 17.7 Å². The molecule has 6 heteroatoms. The summed E-state index contributed by atoms with van der Waals surface area (Å²) in [7, 11) is 0. The zero-order valence-corrected chi connectivity index (χ0v) is 12.6. The highest BCUT2D eigenvalue weighted by Gasteiger charge is 2.48. The van der Waals surface area contributed by atoms with Crippen LogP contribution in [0.5, 0.6) is 0 Å². The first-order chi connectivity index (χ1) is 9.69. The molecule has 1 heterocycles. The van der Waals surface area contributed by atoms with Gasteiger partial charge in [0.05, 0.1) is 6.20 Å². The molecule has 112 valence electrons. The van der Waals surface area contributed by atoms with Crippen molar-refractivity contribution in [2.75, 3.05) is 12.3 Å². The quantitative estimate of drug-likeness (QED) is 0.719. The van der Waals surface area contributed by atoms with E-state index in [9.17, 15) is 9.90 Å². The maximum Gasteiger partial charge on any atom is 0.324 e.